The van der Waals surface area contributed by atoms with Crippen LogP contribution in [0.2, 0.25) is 0 Å². The summed E-state index contributed by atoms with van der Waals surface area (Å²) in [7, 11) is 0. The summed E-state index contributed by atoms with van der Waals surface area (Å²) in [5.41, 5.74) is 0.421. The summed E-state index contributed by atoms with van der Waals surface area (Å²) in [6, 6.07) is 0.702. The fourth-order valence-electron chi connectivity index (χ4n) is 4.34. The molecule has 0 aromatic carbocycles. The van der Waals surface area contributed by atoms with Crippen LogP contribution in [0, 0.1) is 23.2 Å². The molecule has 2 fully saturated rings. The molecular weight excluding hydrogens is 234 g/mol. The van der Waals surface area contributed by atoms with E-state index in [4.69, 9.17) is 0 Å². The lowest BCUT2D eigenvalue weighted by atomic mass is 9.69. The first-order valence-electron chi connectivity index (χ1n) is 8.36. The molecule has 4 atom stereocenters. The third-order valence-corrected chi connectivity index (χ3v) is 5.57. The van der Waals surface area contributed by atoms with Gasteiger partial charge < -0.3 is 10.4 Å². The van der Waals surface area contributed by atoms with Crippen LogP contribution in [0.4, 0.5) is 0 Å². The summed E-state index contributed by atoms with van der Waals surface area (Å²) in [4.78, 5) is 0. The van der Waals surface area contributed by atoms with Crippen molar-refractivity contribution < 1.29 is 5.11 Å². The second kappa shape index (κ2) is 6.58. The highest BCUT2D eigenvalue weighted by molar-refractivity contribution is 4.89. The van der Waals surface area contributed by atoms with Gasteiger partial charge in [0.2, 0.25) is 0 Å². The molecule has 0 spiro atoms. The molecular formula is C17H33NO. The van der Waals surface area contributed by atoms with Crippen molar-refractivity contribution in [1.82, 2.24) is 5.32 Å². The molecule has 2 aliphatic carbocycles. The number of aliphatic hydroxyl groups excluding tert-OH is 1. The average Bonchev–Trinajstić information content (AvgIpc) is 2.83. The smallest absolute Gasteiger partial charge is 0.0462 e. The third kappa shape index (κ3) is 3.95. The van der Waals surface area contributed by atoms with Crippen molar-refractivity contribution in [3.8, 4) is 0 Å². The minimum Gasteiger partial charge on any atom is -0.396 e. The maximum absolute atomic E-state index is 9.43. The average molecular weight is 267 g/mol. The van der Waals surface area contributed by atoms with E-state index < -0.39 is 0 Å². The number of nitrogens with one attached hydrogen (secondary N) is 1. The number of rotatable bonds is 4. The Bertz CT molecular complexity index is 271. The van der Waals surface area contributed by atoms with Crippen LogP contribution < -0.4 is 5.32 Å². The molecule has 0 aromatic rings. The van der Waals surface area contributed by atoms with Crippen LogP contribution >= 0.6 is 0 Å². The molecule has 2 nitrogen and oxygen atoms in total. The van der Waals surface area contributed by atoms with Gasteiger partial charge in [0.15, 0.2) is 0 Å². The molecule has 0 saturated heterocycles. The van der Waals surface area contributed by atoms with E-state index in [9.17, 15) is 5.11 Å². The Hall–Kier alpha value is -0.0800. The van der Waals surface area contributed by atoms with Gasteiger partial charge in [0.05, 0.1) is 0 Å². The van der Waals surface area contributed by atoms with Gasteiger partial charge >= 0.3 is 0 Å². The van der Waals surface area contributed by atoms with E-state index in [1.165, 1.54) is 44.9 Å². The first-order valence-corrected chi connectivity index (χ1v) is 8.36. The topological polar surface area (TPSA) is 32.3 Å². The molecule has 4 unspecified atom stereocenters. The predicted molar refractivity (Wildman–Crippen MR) is 81.1 cm³/mol. The summed E-state index contributed by atoms with van der Waals surface area (Å²) in [6.45, 7) is 8.69. The van der Waals surface area contributed by atoms with Crippen LogP contribution in [0.5, 0.6) is 0 Å². The summed E-state index contributed by atoms with van der Waals surface area (Å²) >= 11 is 0. The minimum atomic E-state index is 0.389. The van der Waals surface area contributed by atoms with Gasteiger partial charge in [-0.25, -0.2) is 0 Å². The normalized spacial score (nSPS) is 36.6. The van der Waals surface area contributed by atoms with Crippen molar-refractivity contribution in [1.29, 1.82) is 0 Å². The SMILES string of the molecule is CC(C)(C)C1CCCCC1NCC1CCCC1CO. The molecule has 0 aliphatic heterocycles. The molecule has 2 N–H and O–H groups in total. The lowest BCUT2D eigenvalue weighted by Gasteiger charge is -2.41. The molecule has 19 heavy (non-hydrogen) atoms. The van der Waals surface area contributed by atoms with Crippen LogP contribution in [-0.2, 0) is 0 Å². The van der Waals surface area contributed by atoms with Crippen molar-refractivity contribution in [3.63, 3.8) is 0 Å². The third-order valence-electron chi connectivity index (χ3n) is 5.57. The summed E-state index contributed by atoms with van der Waals surface area (Å²) in [6.07, 6.45) is 9.38. The van der Waals surface area contributed by atoms with Gasteiger partial charge in [0.25, 0.3) is 0 Å². The fourth-order valence-corrected chi connectivity index (χ4v) is 4.34. The van der Waals surface area contributed by atoms with Gasteiger partial charge in [-0.1, -0.05) is 40.0 Å². The first kappa shape index (κ1) is 15.3. The van der Waals surface area contributed by atoms with E-state index in [2.05, 4.69) is 26.1 Å². The zero-order chi connectivity index (χ0) is 13.9. The van der Waals surface area contributed by atoms with Crippen molar-refractivity contribution >= 4 is 0 Å². The molecule has 0 radical (unpaired) electrons. The predicted octanol–water partition coefficient (Wildman–Crippen LogP) is 3.59. The van der Waals surface area contributed by atoms with Gasteiger partial charge in [-0.3, -0.25) is 0 Å². The molecule has 0 aromatic heterocycles. The zero-order valence-electron chi connectivity index (χ0n) is 13.1. The molecule has 0 bridgehead atoms. The van der Waals surface area contributed by atoms with Crippen molar-refractivity contribution in [2.45, 2.75) is 71.8 Å². The monoisotopic (exact) mass is 267 g/mol. The van der Waals surface area contributed by atoms with Gasteiger partial charge in [0.1, 0.15) is 0 Å². The van der Waals surface area contributed by atoms with Crippen LogP contribution in [0.25, 0.3) is 0 Å². The Morgan fingerprint density at radius 3 is 2.32 bits per heavy atom. The fraction of sp³-hybridized carbons (Fsp3) is 1.00. The minimum absolute atomic E-state index is 0.389. The Balaban J connectivity index is 1.86. The van der Waals surface area contributed by atoms with Gasteiger partial charge in [-0.15, -0.1) is 0 Å². The highest BCUT2D eigenvalue weighted by Gasteiger charge is 2.35. The Morgan fingerprint density at radius 1 is 0.947 bits per heavy atom. The number of hydrogen-bond donors (Lipinski definition) is 2. The zero-order valence-corrected chi connectivity index (χ0v) is 13.1. The molecule has 112 valence electrons. The summed E-state index contributed by atoms with van der Waals surface area (Å²) in [5, 5.41) is 13.3. The van der Waals surface area contributed by atoms with Crippen molar-refractivity contribution in [3.05, 3.63) is 0 Å². The Kier molecular flexibility index (Phi) is 5.30. The largest absolute Gasteiger partial charge is 0.396 e. The molecule has 2 aliphatic rings. The maximum atomic E-state index is 9.43. The highest BCUT2D eigenvalue weighted by Crippen LogP contribution is 2.38. The van der Waals surface area contributed by atoms with E-state index in [-0.39, 0.29) is 0 Å². The standard InChI is InChI=1S/C17H33NO/c1-17(2,3)15-9-4-5-10-16(15)18-11-13-7-6-8-14(13)12-19/h13-16,18-19H,4-12H2,1-3H3. The molecule has 0 heterocycles. The second-order valence-electron chi connectivity index (χ2n) is 7.91. The highest BCUT2D eigenvalue weighted by atomic mass is 16.3. The molecule has 2 rings (SSSR count). The van der Waals surface area contributed by atoms with E-state index in [1.54, 1.807) is 0 Å². The van der Waals surface area contributed by atoms with Crippen LogP contribution in [0.1, 0.15) is 65.7 Å². The maximum Gasteiger partial charge on any atom is 0.0462 e. The van der Waals surface area contributed by atoms with Gasteiger partial charge in [0, 0.05) is 12.6 Å². The Labute approximate surface area is 119 Å². The van der Waals surface area contributed by atoms with E-state index >= 15 is 0 Å². The molecule has 2 saturated carbocycles. The van der Waals surface area contributed by atoms with E-state index in [1.807, 2.05) is 0 Å². The second-order valence-corrected chi connectivity index (χ2v) is 7.91. The summed E-state index contributed by atoms with van der Waals surface area (Å²) in [5.74, 6) is 2.09. The first-order chi connectivity index (χ1) is 9.02. The van der Waals surface area contributed by atoms with Crippen LogP contribution in [-0.4, -0.2) is 24.3 Å². The Morgan fingerprint density at radius 2 is 1.63 bits per heavy atom. The van der Waals surface area contributed by atoms with Gasteiger partial charge in [-0.05, 0) is 55.4 Å². The van der Waals surface area contributed by atoms with Crippen molar-refractivity contribution in [2.75, 3.05) is 13.2 Å². The van der Waals surface area contributed by atoms with E-state index in [0.29, 0.717) is 29.9 Å². The quantitative estimate of drug-likeness (QED) is 0.816. The lowest BCUT2D eigenvalue weighted by Crippen LogP contribution is -2.46. The molecule has 0 amide bonds. The summed E-state index contributed by atoms with van der Waals surface area (Å²) < 4.78 is 0. The lowest BCUT2D eigenvalue weighted by molar-refractivity contribution is 0.121. The van der Waals surface area contributed by atoms with Crippen molar-refractivity contribution in [2.24, 2.45) is 23.2 Å². The van der Waals surface area contributed by atoms with E-state index in [0.717, 1.165) is 12.5 Å². The van der Waals surface area contributed by atoms with Gasteiger partial charge in [-0.2, -0.15) is 0 Å². The number of aliphatic hydroxyl groups is 1. The molecule has 2 heteroatoms. The van der Waals surface area contributed by atoms with Crippen LogP contribution in [0.15, 0.2) is 0 Å². The number of hydrogen-bond acceptors (Lipinski definition) is 2. The van der Waals surface area contributed by atoms with Crippen LogP contribution in [0.3, 0.4) is 0 Å².